The standard InChI is InChI=1S/C15H24N2O2/c1-4-19-15-8-12(18-3)5-6-13(15)14-7-11(9-16)10-17(14)2/h5-6,8,11,14H,4,7,9-10,16H2,1-3H3. The monoisotopic (exact) mass is 264 g/mol. The van der Waals surface area contributed by atoms with Gasteiger partial charge in [0.15, 0.2) is 0 Å². The van der Waals surface area contributed by atoms with Gasteiger partial charge in [0.1, 0.15) is 11.5 Å². The number of nitrogens with zero attached hydrogens (tertiary/aromatic N) is 1. The van der Waals surface area contributed by atoms with E-state index in [-0.39, 0.29) is 0 Å². The van der Waals surface area contributed by atoms with Gasteiger partial charge in [-0.3, -0.25) is 4.90 Å². The molecule has 1 aromatic carbocycles. The van der Waals surface area contributed by atoms with Crippen LogP contribution in [0.25, 0.3) is 0 Å². The molecule has 1 aliphatic heterocycles. The van der Waals surface area contributed by atoms with E-state index in [1.807, 2.05) is 19.1 Å². The van der Waals surface area contributed by atoms with Gasteiger partial charge in [-0.2, -0.15) is 0 Å². The summed E-state index contributed by atoms with van der Waals surface area (Å²) >= 11 is 0. The van der Waals surface area contributed by atoms with Crippen LogP contribution in [0.15, 0.2) is 18.2 Å². The summed E-state index contributed by atoms with van der Waals surface area (Å²) in [6, 6.07) is 6.48. The van der Waals surface area contributed by atoms with E-state index in [9.17, 15) is 0 Å². The third-order valence-electron chi connectivity index (χ3n) is 3.85. The van der Waals surface area contributed by atoms with E-state index in [1.54, 1.807) is 7.11 Å². The van der Waals surface area contributed by atoms with Crippen LogP contribution in [0, 0.1) is 5.92 Å². The molecule has 106 valence electrons. The van der Waals surface area contributed by atoms with Crippen LogP contribution in [0.2, 0.25) is 0 Å². The third-order valence-corrected chi connectivity index (χ3v) is 3.85. The Bertz CT molecular complexity index is 423. The van der Waals surface area contributed by atoms with Crippen LogP contribution in [-0.4, -0.2) is 38.8 Å². The summed E-state index contributed by atoms with van der Waals surface area (Å²) in [5, 5.41) is 0. The van der Waals surface area contributed by atoms with Gasteiger partial charge in [-0.15, -0.1) is 0 Å². The Hall–Kier alpha value is -1.26. The highest BCUT2D eigenvalue weighted by Crippen LogP contribution is 2.39. The Labute approximate surface area is 115 Å². The summed E-state index contributed by atoms with van der Waals surface area (Å²) in [7, 11) is 3.83. The molecule has 1 aromatic rings. The first-order chi connectivity index (χ1) is 9.19. The maximum Gasteiger partial charge on any atom is 0.127 e. The van der Waals surface area contributed by atoms with Crippen molar-refractivity contribution in [2.45, 2.75) is 19.4 Å². The van der Waals surface area contributed by atoms with Crippen molar-refractivity contribution in [3.05, 3.63) is 23.8 Å². The lowest BCUT2D eigenvalue weighted by atomic mass is 9.99. The first-order valence-corrected chi connectivity index (χ1v) is 6.90. The highest BCUT2D eigenvalue weighted by atomic mass is 16.5. The lowest BCUT2D eigenvalue weighted by Crippen LogP contribution is -2.21. The zero-order chi connectivity index (χ0) is 13.8. The Morgan fingerprint density at radius 1 is 1.42 bits per heavy atom. The quantitative estimate of drug-likeness (QED) is 0.884. The molecule has 4 nitrogen and oxygen atoms in total. The molecular weight excluding hydrogens is 240 g/mol. The molecule has 0 aromatic heterocycles. The van der Waals surface area contributed by atoms with Crippen LogP contribution < -0.4 is 15.2 Å². The van der Waals surface area contributed by atoms with Gasteiger partial charge in [0.25, 0.3) is 0 Å². The Morgan fingerprint density at radius 3 is 2.79 bits per heavy atom. The van der Waals surface area contributed by atoms with Crippen LogP contribution in [0.5, 0.6) is 11.5 Å². The van der Waals surface area contributed by atoms with Crippen molar-refractivity contribution >= 4 is 0 Å². The fraction of sp³-hybridized carbons (Fsp3) is 0.600. The van der Waals surface area contributed by atoms with Gasteiger partial charge in [-0.05, 0) is 38.9 Å². The number of likely N-dealkylation sites (tertiary alicyclic amines) is 1. The smallest absolute Gasteiger partial charge is 0.127 e. The maximum atomic E-state index is 5.80. The molecule has 2 N–H and O–H groups in total. The van der Waals surface area contributed by atoms with E-state index in [2.05, 4.69) is 18.0 Å². The Morgan fingerprint density at radius 2 is 2.21 bits per heavy atom. The van der Waals surface area contributed by atoms with Gasteiger partial charge >= 0.3 is 0 Å². The molecule has 1 heterocycles. The van der Waals surface area contributed by atoms with Crippen LogP contribution in [0.3, 0.4) is 0 Å². The summed E-state index contributed by atoms with van der Waals surface area (Å²) in [4.78, 5) is 2.36. The van der Waals surface area contributed by atoms with Crippen molar-refractivity contribution in [1.82, 2.24) is 4.90 Å². The molecule has 0 spiro atoms. The summed E-state index contributed by atoms with van der Waals surface area (Å²) in [5.74, 6) is 2.34. The minimum Gasteiger partial charge on any atom is -0.497 e. The molecule has 2 rings (SSSR count). The zero-order valence-corrected chi connectivity index (χ0v) is 12.1. The molecule has 0 radical (unpaired) electrons. The van der Waals surface area contributed by atoms with Crippen molar-refractivity contribution in [2.24, 2.45) is 11.7 Å². The van der Waals surface area contributed by atoms with E-state index < -0.39 is 0 Å². The second-order valence-electron chi connectivity index (χ2n) is 5.13. The van der Waals surface area contributed by atoms with Crippen LogP contribution in [0.1, 0.15) is 24.9 Å². The van der Waals surface area contributed by atoms with E-state index in [0.717, 1.165) is 31.0 Å². The van der Waals surface area contributed by atoms with Crippen LogP contribution in [-0.2, 0) is 0 Å². The Balaban J connectivity index is 2.28. The van der Waals surface area contributed by atoms with Crippen molar-refractivity contribution in [3.8, 4) is 11.5 Å². The zero-order valence-electron chi connectivity index (χ0n) is 12.1. The summed E-state index contributed by atoms with van der Waals surface area (Å²) in [6.45, 7) is 4.47. The molecule has 2 atom stereocenters. The van der Waals surface area contributed by atoms with Crippen molar-refractivity contribution in [2.75, 3.05) is 33.9 Å². The van der Waals surface area contributed by atoms with Crippen molar-refractivity contribution in [1.29, 1.82) is 0 Å². The molecule has 1 aliphatic rings. The fourth-order valence-electron chi connectivity index (χ4n) is 2.84. The topological polar surface area (TPSA) is 47.7 Å². The fourth-order valence-corrected chi connectivity index (χ4v) is 2.84. The molecule has 19 heavy (non-hydrogen) atoms. The predicted molar refractivity (Wildman–Crippen MR) is 76.7 cm³/mol. The molecule has 2 unspecified atom stereocenters. The van der Waals surface area contributed by atoms with Gasteiger partial charge in [0.2, 0.25) is 0 Å². The van der Waals surface area contributed by atoms with Gasteiger partial charge in [-0.1, -0.05) is 6.07 Å². The normalized spacial score (nSPS) is 23.6. The Kier molecular flexibility index (Phi) is 4.66. The van der Waals surface area contributed by atoms with E-state index in [0.29, 0.717) is 18.6 Å². The lowest BCUT2D eigenvalue weighted by molar-refractivity contribution is 0.289. The largest absolute Gasteiger partial charge is 0.497 e. The van der Waals surface area contributed by atoms with Gasteiger partial charge in [-0.25, -0.2) is 0 Å². The highest BCUT2D eigenvalue weighted by molar-refractivity contribution is 5.43. The number of rotatable bonds is 5. The minimum absolute atomic E-state index is 0.390. The second kappa shape index (κ2) is 6.26. The maximum absolute atomic E-state index is 5.80. The van der Waals surface area contributed by atoms with Gasteiger partial charge in [0, 0.05) is 24.2 Å². The number of benzene rings is 1. The number of hydrogen-bond acceptors (Lipinski definition) is 4. The first kappa shape index (κ1) is 14.2. The summed E-state index contributed by atoms with van der Waals surface area (Å²) < 4.78 is 11.0. The molecule has 0 aliphatic carbocycles. The average molecular weight is 264 g/mol. The molecule has 1 saturated heterocycles. The van der Waals surface area contributed by atoms with E-state index in [1.165, 1.54) is 5.56 Å². The molecule has 0 bridgehead atoms. The first-order valence-electron chi connectivity index (χ1n) is 6.90. The second-order valence-corrected chi connectivity index (χ2v) is 5.13. The molecule has 0 saturated carbocycles. The number of nitrogens with two attached hydrogens (primary N) is 1. The molecule has 4 heteroatoms. The lowest BCUT2D eigenvalue weighted by Gasteiger charge is -2.22. The van der Waals surface area contributed by atoms with E-state index in [4.69, 9.17) is 15.2 Å². The number of ether oxygens (including phenoxy) is 2. The van der Waals surface area contributed by atoms with Gasteiger partial charge in [0.05, 0.1) is 13.7 Å². The number of methoxy groups -OCH3 is 1. The predicted octanol–water partition coefficient (Wildman–Crippen LogP) is 2.05. The SMILES string of the molecule is CCOc1cc(OC)ccc1C1CC(CN)CN1C. The highest BCUT2D eigenvalue weighted by Gasteiger charge is 2.31. The summed E-state index contributed by atoms with van der Waals surface area (Å²) in [5.41, 5.74) is 7.04. The van der Waals surface area contributed by atoms with Crippen LogP contribution >= 0.6 is 0 Å². The van der Waals surface area contributed by atoms with Crippen LogP contribution in [0.4, 0.5) is 0 Å². The molecule has 1 fully saturated rings. The van der Waals surface area contributed by atoms with Crippen molar-refractivity contribution in [3.63, 3.8) is 0 Å². The molecular formula is C15H24N2O2. The third kappa shape index (κ3) is 3.01. The average Bonchev–Trinajstić information content (AvgIpc) is 2.80. The summed E-state index contributed by atoms with van der Waals surface area (Å²) in [6.07, 6.45) is 1.10. The van der Waals surface area contributed by atoms with E-state index >= 15 is 0 Å². The molecule has 0 amide bonds. The van der Waals surface area contributed by atoms with Gasteiger partial charge < -0.3 is 15.2 Å². The minimum atomic E-state index is 0.390. The van der Waals surface area contributed by atoms with Crippen molar-refractivity contribution < 1.29 is 9.47 Å². The number of hydrogen-bond donors (Lipinski definition) is 1.